The van der Waals surface area contributed by atoms with Crippen LogP contribution in [0.15, 0.2) is 11.8 Å². The predicted octanol–water partition coefficient (Wildman–Crippen LogP) is 1.60. The van der Waals surface area contributed by atoms with Crippen molar-refractivity contribution in [3.63, 3.8) is 0 Å². The maximum atomic E-state index is 12.2. The van der Waals surface area contributed by atoms with E-state index in [1.54, 1.807) is 34.6 Å². The summed E-state index contributed by atoms with van der Waals surface area (Å²) in [5.41, 5.74) is 0. The highest BCUT2D eigenvalue weighted by atomic mass is 16.8. The zero-order valence-electron chi connectivity index (χ0n) is 18.4. The summed E-state index contributed by atoms with van der Waals surface area (Å²) >= 11 is 0. The van der Waals surface area contributed by atoms with Crippen LogP contribution in [0.1, 0.15) is 48.5 Å². The highest BCUT2D eigenvalue weighted by Gasteiger charge is 2.51. The van der Waals surface area contributed by atoms with Crippen molar-refractivity contribution < 1.29 is 47.5 Å². The molecule has 4 atom stereocenters. The molecule has 0 amide bonds. The van der Waals surface area contributed by atoms with Crippen LogP contribution < -0.4 is 0 Å². The van der Waals surface area contributed by atoms with Crippen LogP contribution in [0.25, 0.3) is 0 Å². The molecule has 2 aliphatic rings. The number of esters is 3. The van der Waals surface area contributed by atoms with Gasteiger partial charge in [-0.05, 0) is 40.7 Å². The predicted molar refractivity (Wildman–Crippen MR) is 101 cm³/mol. The van der Waals surface area contributed by atoms with Gasteiger partial charge in [0.15, 0.2) is 17.7 Å². The average Bonchev–Trinajstić information content (AvgIpc) is 3.10. The molecule has 0 radical (unpaired) electrons. The summed E-state index contributed by atoms with van der Waals surface area (Å²) in [7, 11) is 0. The van der Waals surface area contributed by atoms with Crippen LogP contribution in [0.3, 0.4) is 0 Å². The molecular formula is C20H30O10. The van der Waals surface area contributed by atoms with Gasteiger partial charge < -0.3 is 33.2 Å². The van der Waals surface area contributed by atoms with E-state index in [2.05, 4.69) is 0 Å². The monoisotopic (exact) mass is 430 g/mol. The zero-order chi connectivity index (χ0) is 22.7. The third kappa shape index (κ3) is 6.49. The van der Waals surface area contributed by atoms with Crippen molar-refractivity contribution in [1.82, 2.24) is 0 Å². The Morgan fingerprint density at radius 3 is 2.20 bits per heavy atom. The molecule has 0 saturated carbocycles. The standard InChI is InChI=1S/C20H30O10/c1-8-24-18(23)14(26-11(2)21)9-13-17(30-20(6,7)28-13)16(27-12(3)22)15-10-25-19(4,5)29-15/h9,13,15-17H,8,10H2,1-7H3/b14-9-/t13-,15-,16-,17-/m1/s1. The largest absolute Gasteiger partial charge is 0.460 e. The van der Waals surface area contributed by atoms with Crippen LogP contribution in [0.2, 0.25) is 0 Å². The van der Waals surface area contributed by atoms with Crippen molar-refractivity contribution in [3.8, 4) is 0 Å². The van der Waals surface area contributed by atoms with Crippen molar-refractivity contribution in [2.24, 2.45) is 0 Å². The van der Waals surface area contributed by atoms with Crippen molar-refractivity contribution in [2.45, 2.75) is 84.5 Å². The molecule has 0 N–H and O–H groups in total. The Hall–Kier alpha value is -2.01. The van der Waals surface area contributed by atoms with Crippen molar-refractivity contribution in [1.29, 1.82) is 0 Å². The molecule has 30 heavy (non-hydrogen) atoms. The van der Waals surface area contributed by atoms with Crippen LogP contribution in [0, 0.1) is 0 Å². The smallest absolute Gasteiger partial charge is 0.374 e. The Balaban J connectivity index is 2.38. The minimum absolute atomic E-state index is 0.0901. The molecule has 2 rings (SSSR count). The fraction of sp³-hybridized carbons (Fsp3) is 0.750. The second-order valence-corrected chi connectivity index (χ2v) is 7.85. The van der Waals surface area contributed by atoms with Crippen molar-refractivity contribution in [3.05, 3.63) is 11.8 Å². The van der Waals surface area contributed by atoms with Crippen molar-refractivity contribution >= 4 is 17.9 Å². The molecule has 2 saturated heterocycles. The minimum Gasteiger partial charge on any atom is -0.460 e. The van der Waals surface area contributed by atoms with E-state index in [-0.39, 0.29) is 19.0 Å². The third-order valence-electron chi connectivity index (χ3n) is 4.23. The van der Waals surface area contributed by atoms with E-state index in [0.717, 1.165) is 6.92 Å². The Bertz CT molecular complexity index is 696. The summed E-state index contributed by atoms with van der Waals surface area (Å²) in [5, 5.41) is 0. The van der Waals surface area contributed by atoms with Gasteiger partial charge >= 0.3 is 17.9 Å². The van der Waals surface area contributed by atoms with Gasteiger partial charge in [-0.15, -0.1) is 0 Å². The number of carbonyl (C=O) groups is 3. The highest BCUT2D eigenvalue weighted by molar-refractivity contribution is 5.89. The first kappa shape index (κ1) is 24.3. The summed E-state index contributed by atoms with van der Waals surface area (Å²) in [6.45, 7) is 11.1. The van der Waals surface area contributed by atoms with E-state index in [0.29, 0.717) is 0 Å². The topological polar surface area (TPSA) is 116 Å². The van der Waals surface area contributed by atoms with Crippen LogP contribution in [-0.2, 0) is 47.5 Å². The highest BCUT2D eigenvalue weighted by Crippen LogP contribution is 2.36. The number of ether oxygens (including phenoxy) is 7. The molecule has 2 aliphatic heterocycles. The van der Waals surface area contributed by atoms with Gasteiger partial charge in [0.1, 0.15) is 18.3 Å². The summed E-state index contributed by atoms with van der Waals surface area (Å²) < 4.78 is 38.8. The fourth-order valence-corrected chi connectivity index (χ4v) is 3.27. The lowest BCUT2D eigenvalue weighted by Crippen LogP contribution is -2.47. The van der Waals surface area contributed by atoms with E-state index >= 15 is 0 Å². The molecule has 0 unspecified atom stereocenters. The number of rotatable bonds is 7. The Labute approximate surface area is 175 Å². The Morgan fingerprint density at radius 1 is 1.03 bits per heavy atom. The second kappa shape index (κ2) is 9.42. The second-order valence-electron chi connectivity index (χ2n) is 7.85. The zero-order valence-corrected chi connectivity index (χ0v) is 18.4. The van der Waals surface area contributed by atoms with Crippen molar-refractivity contribution in [2.75, 3.05) is 13.2 Å². The van der Waals surface area contributed by atoms with Gasteiger partial charge in [-0.25, -0.2) is 4.79 Å². The third-order valence-corrected chi connectivity index (χ3v) is 4.23. The van der Waals surface area contributed by atoms with Crippen LogP contribution in [-0.4, -0.2) is 67.1 Å². The number of carbonyl (C=O) groups excluding carboxylic acids is 3. The van der Waals surface area contributed by atoms with Gasteiger partial charge in [0.25, 0.3) is 0 Å². The van der Waals surface area contributed by atoms with Gasteiger partial charge in [0, 0.05) is 13.8 Å². The first-order chi connectivity index (χ1) is 13.8. The molecule has 0 spiro atoms. The SMILES string of the molecule is CCOC(=O)/C(=C/[C@H]1OC(C)(C)O[C@H]1[C@H](OC(C)=O)[C@H]1COC(C)(C)O1)OC(C)=O. The maximum absolute atomic E-state index is 12.2. The lowest BCUT2D eigenvalue weighted by Gasteiger charge is -2.29. The molecule has 2 fully saturated rings. The first-order valence-corrected chi connectivity index (χ1v) is 9.75. The molecule has 0 aromatic carbocycles. The van der Waals surface area contributed by atoms with Crippen LogP contribution in [0.5, 0.6) is 0 Å². The van der Waals surface area contributed by atoms with Gasteiger partial charge in [-0.3, -0.25) is 9.59 Å². The summed E-state index contributed by atoms with van der Waals surface area (Å²) in [6, 6.07) is 0. The fourth-order valence-electron chi connectivity index (χ4n) is 3.27. The average molecular weight is 430 g/mol. The normalized spacial score (nSPS) is 28.6. The van der Waals surface area contributed by atoms with E-state index < -0.39 is 53.9 Å². The Kier molecular flexibility index (Phi) is 7.62. The molecule has 2 heterocycles. The lowest BCUT2D eigenvalue weighted by atomic mass is 10.0. The van der Waals surface area contributed by atoms with Gasteiger partial charge in [0.05, 0.1) is 13.2 Å². The number of hydrogen-bond acceptors (Lipinski definition) is 10. The quantitative estimate of drug-likeness (QED) is 0.255. The lowest BCUT2D eigenvalue weighted by molar-refractivity contribution is -0.193. The summed E-state index contributed by atoms with van der Waals surface area (Å²) in [5.74, 6) is -4.35. The number of hydrogen-bond donors (Lipinski definition) is 0. The van der Waals surface area contributed by atoms with Gasteiger partial charge in [0.2, 0.25) is 5.76 Å². The molecule has 0 bridgehead atoms. The molecule has 0 aromatic rings. The molecular weight excluding hydrogens is 400 g/mol. The van der Waals surface area contributed by atoms with E-state index in [1.807, 2.05) is 0 Å². The van der Waals surface area contributed by atoms with E-state index in [4.69, 9.17) is 33.2 Å². The van der Waals surface area contributed by atoms with Gasteiger partial charge in [-0.1, -0.05) is 0 Å². The maximum Gasteiger partial charge on any atom is 0.374 e. The van der Waals surface area contributed by atoms with Gasteiger partial charge in [-0.2, -0.15) is 0 Å². The first-order valence-electron chi connectivity index (χ1n) is 9.75. The molecule has 10 nitrogen and oxygen atoms in total. The van der Waals surface area contributed by atoms with Crippen LogP contribution in [0.4, 0.5) is 0 Å². The summed E-state index contributed by atoms with van der Waals surface area (Å²) in [4.78, 5) is 35.5. The van der Waals surface area contributed by atoms with E-state index in [1.165, 1.54) is 13.0 Å². The Morgan fingerprint density at radius 2 is 1.70 bits per heavy atom. The van der Waals surface area contributed by atoms with E-state index in [9.17, 15) is 14.4 Å². The minimum atomic E-state index is -1.07. The molecule has 0 aromatic heterocycles. The van der Waals surface area contributed by atoms with Crippen LogP contribution >= 0.6 is 0 Å². The summed E-state index contributed by atoms with van der Waals surface area (Å²) in [6.07, 6.45) is -2.03. The molecule has 10 heteroatoms. The molecule has 0 aliphatic carbocycles. The molecule has 170 valence electrons.